The van der Waals surface area contributed by atoms with Crippen LogP contribution in [0.15, 0.2) is 59.5 Å². The Morgan fingerprint density at radius 1 is 1.12 bits per heavy atom. The number of benzene rings is 2. The highest BCUT2D eigenvalue weighted by Gasteiger charge is 2.27. The van der Waals surface area contributed by atoms with E-state index in [4.69, 9.17) is 4.74 Å². The van der Waals surface area contributed by atoms with E-state index in [-0.39, 0.29) is 29.2 Å². The Hall–Kier alpha value is -3.61. The third-order valence-electron chi connectivity index (χ3n) is 5.08. The molecular formula is C21H21N5O6S. The van der Waals surface area contributed by atoms with Gasteiger partial charge in [0.15, 0.2) is 0 Å². The quantitative estimate of drug-likeness (QED) is 0.430. The molecule has 4 rings (SSSR count). The number of nitro groups is 1. The van der Waals surface area contributed by atoms with Gasteiger partial charge in [-0.3, -0.25) is 14.9 Å². The maximum atomic E-state index is 12.9. The lowest BCUT2D eigenvalue weighted by molar-refractivity contribution is -0.384. The molecule has 0 atom stereocenters. The first-order valence-corrected chi connectivity index (χ1v) is 11.5. The van der Waals surface area contributed by atoms with Crippen LogP contribution in [0.25, 0.3) is 5.69 Å². The van der Waals surface area contributed by atoms with E-state index in [0.29, 0.717) is 30.4 Å². The van der Waals surface area contributed by atoms with Gasteiger partial charge in [0.25, 0.3) is 11.6 Å². The molecular weight excluding hydrogens is 450 g/mol. The summed E-state index contributed by atoms with van der Waals surface area (Å²) < 4.78 is 33.8. The van der Waals surface area contributed by atoms with Crippen LogP contribution in [0, 0.1) is 17.0 Å². The Balaban J connectivity index is 1.58. The van der Waals surface area contributed by atoms with E-state index in [2.05, 4.69) is 10.4 Å². The summed E-state index contributed by atoms with van der Waals surface area (Å²) in [5.41, 5.74) is 1.24. The number of carbonyl (C=O) groups excluding carboxylic acids is 1. The third-order valence-corrected chi connectivity index (χ3v) is 6.98. The Bertz CT molecular complexity index is 1300. The predicted octanol–water partition coefficient (Wildman–Crippen LogP) is 2.36. The van der Waals surface area contributed by atoms with Gasteiger partial charge >= 0.3 is 0 Å². The highest BCUT2D eigenvalue weighted by molar-refractivity contribution is 7.89. The van der Waals surface area contributed by atoms with E-state index in [1.807, 2.05) is 0 Å². The minimum atomic E-state index is -3.75. The van der Waals surface area contributed by atoms with E-state index >= 15 is 0 Å². The Morgan fingerprint density at radius 3 is 2.48 bits per heavy atom. The molecule has 0 spiro atoms. The fourth-order valence-corrected chi connectivity index (χ4v) is 4.88. The number of anilines is 1. The standard InChI is InChI=1S/C21H21N5O6S/c1-15-13-20(25(23-15)17-5-7-18(8-6-17)26(28)29)22-21(27)16-3-2-4-19(14-16)33(30,31)24-9-11-32-12-10-24/h2-8,13-14H,9-12H2,1H3,(H,22,27). The molecule has 1 aromatic heterocycles. The van der Waals surface area contributed by atoms with Crippen LogP contribution in [0.3, 0.4) is 0 Å². The molecule has 0 aliphatic carbocycles. The van der Waals surface area contributed by atoms with Crippen LogP contribution in [-0.4, -0.2) is 59.6 Å². The van der Waals surface area contributed by atoms with Gasteiger partial charge in [-0.25, -0.2) is 13.1 Å². The molecule has 1 aliphatic rings. The van der Waals surface area contributed by atoms with Crippen molar-refractivity contribution in [2.75, 3.05) is 31.6 Å². The van der Waals surface area contributed by atoms with Crippen LogP contribution >= 0.6 is 0 Å². The van der Waals surface area contributed by atoms with E-state index in [9.17, 15) is 23.3 Å². The lowest BCUT2D eigenvalue weighted by Crippen LogP contribution is -2.40. The van der Waals surface area contributed by atoms with Crippen LogP contribution in [0.1, 0.15) is 16.1 Å². The van der Waals surface area contributed by atoms with Crippen LogP contribution in [0.4, 0.5) is 11.5 Å². The number of hydrogen-bond acceptors (Lipinski definition) is 7. The average molecular weight is 471 g/mol. The molecule has 3 aromatic rings. The fourth-order valence-electron chi connectivity index (χ4n) is 3.42. The van der Waals surface area contributed by atoms with Crippen LogP contribution in [0.2, 0.25) is 0 Å². The molecule has 33 heavy (non-hydrogen) atoms. The maximum absolute atomic E-state index is 12.9. The van der Waals surface area contributed by atoms with E-state index in [0.717, 1.165) is 0 Å². The summed E-state index contributed by atoms with van der Waals surface area (Å²) in [4.78, 5) is 23.4. The number of morpholine rings is 1. The number of sulfonamides is 1. The van der Waals surface area contributed by atoms with Crippen LogP contribution in [0.5, 0.6) is 0 Å². The monoisotopic (exact) mass is 471 g/mol. The molecule has 1 saturated heterocycles. The van der Waals surface area contributed by atoms with Crippen molar-refractivity contribution in [2.45, 2.75) is 11.8 Å². The average Bonchev–Trinajstić information content (AvgIpc) is 3.19. The first kappa shape index (κ1) is 22.6. The van der Waals surface area contributed by atoms with Gasteiger partial charge in [-0.15, -0.1) is 0 Å². The van der Waals surface area contributed by atoms with Gasteiger partial charge < -0.3 is 10.1 Å². The van der Waals surface area contributed by atoms with Crippen molar-refractivity contribution in [3.8, 4) is 5.69 Å². The summed E-state index contributed by atoms with van der Waals surface area (Å²) in [6.07, 6.45) is 0. The van der Waals surface area contributed by atoms with Gasteiger partial charge in [-0.1, -0.05) is 6.07 Å². The zero-order chi connectivity index (χ0) is 23.6. The number of amides is 1. The lowest BCUT2D eigenvalue weighted by Gasteiger charge is -2.26. The number of hydrogen-bond donors (Lipinski definition) is 1. The molecule has 2 heterocycles. The van der Waals surface area contributed by atoms with Crippen molar-refractivity contribution in [3.63, 3.8) is 0 Å². The molecule has 2 aromatic carbocycles. The Labute approximate surface area is 189 Å². The molecule has 11 nitrogen and oxygen atoms in total. The van der Waals surface area contributed by atoms with Crippen molar-refractivity contribution in [2.24, 2.45) is 0 Å². The highest BCUT2D eigenvalue weighted by atomic mass is 32.2. The van der Waals surface area contributed by atoms with Gasteiger partial charge in [0.05, 0.1) is 34.4 Å². The van der Waals surface area contributed by atoms with Gasteiger partial charge in [-0.2, -0.15) is 9.40 Å². The molecule has 0 unspecified atom stereocenters. The third kappa shape index (κ3) is 4.77. The molecule has 0 bridgehead atoms. The molecule has 1 aliphatic heterocycles. The summed E-state index contributed by atoms with van der Waals surface area (Å²) in [5.74, 6) is -0.176. The first-order valence-electron chi connectivity index (χ1n) is 10.1. The summed E-state index contributed by atoms with van der Waals surface area (Å²) in [6.45, 7) is 2.91. The number of non-ortho nitro benzene ring substituents is 1. The number of carbonyl (C=O) groups is 1. The van der Waals surface area contributed by atoms with Crippen molar-refractivity contribution in [1.82, 2.24) is 14.1 Å². The van der Waals surface area contributed by atoms with E-state index in [1.54, 1.807) is 13.0 Å². The van der Waals surface area contributed by atoms with Crippen molar-refractivity contribution >= 4 is 27.4 Å². The molecule has 1 N–H and O–H groups in total. The first-order chi connectivity index (χ1) is 15.8. The van der Waals surface area contributed by atoms with E-state index < -0.39 is 20.9 Å². The number of nitrogens with one attached hydrogen (secondary N) is 1. The summed E-state index contributed by atoms with van der Waals surface area (Å²) in [7, 11) is -3.75. The summed E-state index contributed by atoms with van der Waals surface area (Å²) in [5, 5.41) is 18.0. The SMILES string of the molecule is Cc1cc(NC(=O)c2cccc(S(=O)(=O)N3CCOCC3)c2)n(-c2ccc([N+](=O)[O-])cc2)n1. The lowest BCUT2D eigenvalue weighted by atomic mass is 10.2. The normalized spacial score (nSPS) is 14.7. The molecule has 1 fully saturated rings. The van der Waals surface area contributed by atoms with Gasteiger partial charge in [0.2, 0.25) is 10.0 Å². The summed E-state index contributed by atoms with van der Waals surface area (Å²) >= 11 is 0. The number of rotatable bonds is 6. The number of nitrogens with zero attached hydrogens (tertiary/aromatic N) is 4. The molecule has 0 radical (unpaired) electrons. The number of aryl methyl sites for hydroxylation is 1. The van der Waals surface area contributed by atoms with Gasteiger partial charge in [0.1, 0.15) is 5.82 Å². The summed E-state index contributed by atoms with van der Waals surface area (Å²) in [6, 6.07) is 13.2. The second kappa shape index (κ2) is 9.10. The highest BCUT2D eigenvalue weighted by Crippen LogP contribution is 2.22. The maximum Gasteiger partial charge on any atom is 0.269 e. The molecule has 0 saturated carbocycles. The minimum absolute atomic E-state index is 0.0251. The zero-order valence-electron chi connectivity index (χ0n) is 17.7. The fraction of sp³-hybridized carbons (Fsp3) is 0.238. The largest absolute Gasteiger partial charge is 0.379 e. The molecule has 172 valence electrons. The second-order valence-corrected chi connectivity index (χ2v) is 9.29. The van der Waals surface area contributed by atoms with Gasteiger partial charge in [0, 0.05) is 36.9 Å². The van der Waals surface area contributed by atoms with E-state index in [1.165, 1.54) is 57.5 Å². The van der Waals surface area contributed by atoms with Crippen molar-refractivity contribution in [1.29, 1.82) is 0 Å². The Morgan fingerprint density at radius 2 is 1.82 bits per heavy atom. The number of nitro benzene ring substituents is 1. The minimum Gasteiger partial charge on any atom is -0.379 e. The Kier molecular flexibility index (Phi) is 6.22. The van der Waals surface area contributed by atoms with Crippen molar-refractivity contribution in [3.05, 3.63) is 76.0 Å². The predicted molar refractivity (Wildman–Crippen MR) is 119 cm³/mol. The smallest absolute Gasteiger partial charge is 0.269 e. The number of ether oxygens (including phenoxy) is 1. The van der Waals surface area contributed by atoms with Crippen LogP contribution < -0.4 is 5.32 Å². The second-order valence-electron chi connectivity index (χ2n) is 7.35. The van der Waals surface area contributed by atoms with Gasteiger partial charge in [-0.05, 0) is 37.3 Å². The number of aromatic nitrogens is 2. The van der Waals surface area contributed by atoms with Crippen molar-refractivity contribution < 1.29 is 22.9 Å². The topological polar surface area (TPSA) is 137 Å². The zero-order valence-corrected chi connectivity index (χ0v) is 18.5. The van der Waals surface area contributed by atoms with Crippen LogP contribution in [-0.2, 0) is 14.8 Å². The molecule has 12 heteroatoms. The molecule has 1 amide bonds.